The summed E-state index contributed by atoms with van der Waals surface area (Å²) in [6.07, 6.45) is 2.39. The summed E-state index contributed by atoms with van der Waals surface area (Å²) in [6.45, 7) is 8.81. The lowest BCUT2D eigenvalue weighted by molar-refractivity contribution is 0.114. The summed E-state index contributed by atoms with van der Waals surface area (Å²) in [5.74, 6) is 2.33. The summed E-state index contributed by atoms with van der Waals surface area (Å²) in [4.78, 5) is 7.13. The van der Waals surface area contributed by atoms with E-state index in [2.05, 4.69) is 64.3 Å². The summed E-state index contributed by atoms with van der Waals surface area (Å²) in [6, 6.07) is 9.22. The van der Waals surface area contributed by atoms with Crippen molar-refractivity contribution in [3.05, 3.63) is 34.3 Å². The Kier molecular flexibility index (Phi) is 8.48. The Bertz CT molecular complexity index is 566. The highest BCUT2D eigenvalue weighted by atomic mass is 127. The first-order chi connectivity index (χ1) is 11.7. The zero-order chi connectivity index (χ0) is 16.9. The van der Waals surface area contributed by atoms with Gasteiger partial charge in [0.15, 0.2) is 5.96 Å². The second-order valence-corrected chi connectivity index (χ2v) is 7.62. The maximum Gasteiger partial charge on any atom is 0.194 e. The minimum atomic E-state index is 0. The first-order valence-corrected chi connectivity index (χ1v) is 9.89. The second-order valence-electron chi connectivity index (χ2n) is 6.70. The fraction of sp³-hybridized carbons (Fsp3) is 0.632. The lowest BCUT2D eigenvalue weighted by atomic mass is 10.1. The molecule has 1 aliphatic carbocycles. The molecule has 0 aromatic heterocycles. The number of rotatable bonds is 6. The number of hydrogen-bond acceptors (Lipinski definition) is 2. The average molecular weight is 522 g/mol. The van der Waals surface area contributed by atoms with E-state index in [0.29, 0.717) is 17.9 Å². The molecule has 3 unspecified atom stereocenters. The SMILES string of the molecule is CCN=C(NC1CC1c1ccc(Br)cc1)N1CCC(COCC)C1.I. The van der Waals surface area contributed by atoms with E-state index < -0.39 is 0 Å². The number of nitrogens with zero attached hydrogens (tertiary/aromatic N) is 2. The largest absolute Gasteiger partial charge is 0.381 e. The van der Waals surface area contributed by atoms with Gasteiger partial charge in [-0.3, -0.25) is 4.99 Å². The minimum absolute atomic E-state index is 0. The van der Waals surface area contributed by atoms with Gasteiger partial charge >= 0.3 is 0 Å². The van der Waals surface area contributed by atoms with E-state index in [9.17, 15) is 0 Å². The molecule has 3 rings (SSSR count). The van der Waals surface area contributed by atoms with Crippen molar-refractivity contribution in [1.29, 1.82) is 0 Å². The predicted octanol–water partition coefficient (Wildman–Crippen LogP) is 4.25. The van der Waals surface area contributed by atoms with Gasteiger partial charge in [-0.2, -0.15) is 0 Å². The zero-order valence-corrected chi connectivity index (χ0v) is 19.0. The van der Waals surface area contributed by atoms with Crippen LogP contribution in [0.4, 0.5) is 0 Å². The maximum absolute atomic E-state index is 5.59. The molecule has 2 fully saturated rings. The minimum Gasteiger partial charge on any atom is -0.381 e. The number of benzene rings is 1. The normalized spacial score (nSPS) is 25.6. The zero-order valence-electron chi connectivity index (χ0n) is 15.1. The molecular weight excluding hydrogens is 493 g/mol. The summed E-state index contributed by atoms with van der Waals surface area (Å²) in [7, 11) is 0. The Hall–Kier alpha value is -0.340. The third kappa shape index (κ3) is 5.82. The molecule has 1 aromatic rings. The molecule has 0 amide bonds. The standard InChI is InChI=1S/C19H28BrN3O.HI/c1-3-21-19(23-10-9-14(12-23)13-24-4-2)22-18-11-17(18)15-5-7-16(20)8-6-15;/h5-8,14,17-18H,3-4,9-13H2,1-2H3,(H,21,22);1H. The number of ether oxygens (including phenoxy) is 1. The van der Waals surface area contributed by atoms with Gasteiger partial charge in [0.2, 0.25) is 0 Å². The Balaban J connectivity index is 0.00000225. The number of hydrogen-bond donors (Lipinski definition) is 1. The van der Waals surface area contributed by atoms with Crippen LogP contribution in [0.3, 0.4) is 0 Å². The molecule has 2 aliphatic rings. The maximum atomic E-state index is 5.59. The highest BCUT2D eigenvalue weighted by Gasteiger charge is 2.40. The first kappa shape index (κ1) is 21.0. The molecule has 1 saturated carbocycles. The van der Waals surface area contributed by atoms with Crippen LogP contribution in [0.15, 0.2) is 33.7 Å². The second kappa shape index (κ2) is 10.1. The van der Waals surface area contributed by atoms with Crippen LogP contribution < -0.4 is 5.32 Å². The van der Waals surface area contributed by atoms with E-state index in [4.69, 9.17) is 9.73 Å². The van der Waals surface area contributed by atoms with Gasteiger partial charge in [0, 0.05) is 48.6 Å². The topological polar surface area (TPSA) is 36.9 Å². The number of halogens is 2. The van der Waals surface area contributed by atoms with Crippen molar-refractivity contribution in [2.75, 3.05) is 32.8 Å². The Morgan fingerprint density at radius 1 is 1.32 bits per heavy atom. The molecule has 1 saturated heterocycles. The van der Waals surface area contributed by atoms with Gasteiger partial charge in [0.25, 0.3) is 0 Å². The van der Waals surface area contributed by atoms with E-state index in [1.54, 1.807) is 0 Å². The van der Waals surface area contributed by atoms with E-state index in [1.807, 2.05) is 0 Å². The Labute approximate surface area is 176 Å². The van der Waals surface area contributed by atoms with Crippen LogP contribution in [0.1, 0.15) is 38.2 Å². The molecule has 4 nitrogen and oxygen atoms in total. The van der Waals surface area contributed by atoms with Crippen molar-refractivity contribution in [2.24, 2.45) is 10.9 Å². The number of guanidine groups is 1. The van der Waals surface area contributed by atoms with Gasteiger partial charge in [0.05, 0.1) is 6.61 Å². The van der Waals surface area contributed by atoms with Gasteiger partial charge in [-0.1, -0.05) is 28.1 Å². The Morgan fingerprint density at radius 2 is 2.08 bits per heavy atom. The van der Waals surface area contributed by atoms with Gasteiger partial charge in [-0.05, 0) is 44.4 Å². The number of nitrogens with one attached hydrogen (secondary N) is 1. The molecule has 3 atom stereocenters. The fourth-order valence-corrected chi connectivity index (χ4v) is 3.70. The van der Waals surface area contributed by atoms with Crippen LogP contribution in [0, 0.1) is 5.92 Å². The number of aliphatic imine (C=N–C) groups is 1. The smallest absolute Gasteiger partial charge is 0.194 e. The van der Waals surface area contributed by atoms with Crippen LogP contribution in [-0.4, -0.2) is 49.7 Å². The lowest BCUT2D eigenvalue weighted by Crippen LogP contribution is -2.42. The molecule has 0 bridgehead atoms. The van der Waals surface area contributed by atoms with E-state index in [-0.39, 0.29) is 24.0 Å². The average Bonchev–Trinajstić information content (AvgIpc) is 3.19. The molecule has 0 spiro atoms. The van der Waals surface area contributed by atoms with Gasteiger partial charge in [0.1, 0.15) is 0 Å². The molecule has 140 valence electrons. The van der Waals surface area contributed by atoms with Crippen LogP contribution in [0.25, 0.3) is 0 Å². The summed E-state index contributed by atoms with van der Waals surface area (Å²) >= 11 is 3.51. The molecule has 6 heteroatoms. The molecule has 1 aromatic carbocycles. The van der Waals surface area contributed by atoms with Crippen molar-refractivity contribution >= 4 is 45.9 Å². The summed E-state index contributed by atoms with van der Waals surface area (Å²) in [5, 5.41) is 3.70. The van der Waals surface area contributed by atoms with E-state index in [1.165, 1.54) is 18.4 Å². The molecule has 1 N–H and O–H groups in total. The van der Waals surface area contributed by atoms with Crippen LogP contribution in [0.5, 0.6) is 0 Å². The van der Waals surface area contributed by atoms with Crippen molar-refractivity contribution < 1.29 is 4.74 Å². The number of likely N-dealkylation sites (tertiary alicyclic amines) is 1. The van der Waals surface area contributed by atoms with Gasteiger partial charge in [-0.25, -0.2) is 0 Å². The van der Waals surface area contributed by atoms with Crippen LogP contribution >= 0.6 is 39.9 Å². The highest BCUT2D eigenvalue weighted by Crippen LogP contribution is 2.41. The molecule has 1 aliphatic heterocycles. The van der Waals surface area contributed by atoms with Crippen LogP contribution in [0.2, 0.25) is 0 Å². The quantitative estimate of drug-likeness (QED) is 0.345. The molecule has 1 heterocycles. The van der Waals surface area contributed by atoms with E-state index in [0.717, 1.165) is 43.3 Å². The highest BCUT2D eigenvalue weighted by molar-refractivity contribution is 14.0. The third-order valence-corrected chi connectivity index (χ3v) is 5.38. The monoisotopic (exact) mass is 521 g/mol. The predicted molar refractivity (Wildman–Crippen MR) is 118 cm³/mol. The lowest BCUT2D eigenvalue weighted by Gasteiger charge is -2.22. The summed E-state index contributed by atoms with van der Waals surface area (Å²) in [5.41, 5.74) is 1.42. The van der Waals surface area contributed by atoms with E-state index >= 15 is 0 Å². The third-order valence-electron chi connectivity index (χ3n) is 4.85. The van der Waals surface area contributed by atoms with Crippen LogP contribution in [-0.2, 0) is 4.74 Å². The molecule has 0 radical (unpaired) electrons. The molecule has 25 heavy (non-hydrogen) atoms. The van der Waals surface area contributed by atoms with Gasteiger partial charge < -0.3 is 15.0 Å². The summed E-state index contributed by atoms with van der Waals surface area (Å²) < 4.78 is 6.73. The van der Waals surface area contributed by atoms with Crippen molar-refractivity contribution in [2.45, 2.75) is 38.6 Å². The fourth-order valence-electron chi connectivity index (χ4n) is 3.43. The molecular formula is C19H29BrIN3O. The van der Waals surface area contributed by atoms with Crippen molar-refractivity contribution in [3.63, 3.8) is 0 Å². The van der Waals surface area contributed by atoms with Crippen molar-refractivity contribution in [3.8, 4) is 0 Å². The van der Waals surface area contributed by atoms with Crippen molar-refractivity contribution in [1.82, 2.24) is 10.2 Å². The Morgan fingerprint density at radius 3 is 2.76 bits per heavy atom. The van der Waals surface area contributed by atoms with Gasteiger partial charge in [-0.15, -0.1) is 24.0 Å². The first-order valence-electron chi connectivity index (χ1n) is 9.10.